The Balaban J connectivity index is 2.15. The molecule has 2 amide bonds. The molecule has 0 aliphatic carbocycles. The average molecular weight is 345 g/mol. The predicted octanol–water partition coefficient (Wildman–Crippen LogP) is 3.99. The molecule has 0 unspecified atom stereocenters. The number of allylic oxidation sites excluding steroid dienone is 1. The van der Waals surface area contributed by atoms with Crippen LogP contribution in [0.5, 0.6) is 0 Å². The monoisotopic (exact) mass is 344 g/mol. The highest BCUT2D eigenvalue weighted by atomic mass is 35.5. The van der Waals surface area contributed by atoms with E-state index < -0.39 is 17.9 Å². The smallest absolute Gasteiger partial charge is 0.319 e. The summed E-state index contributed by atoms with van der Waals surface area (Å²) in [4.78, 5) is 24.8. The summed E-state index contributed by atoms with van der Waals surface area (Å²) in [6, 6.07) is 11.4. The van der Waals surface area contributed by atoms with E-state index in [4.69, 9.17) is 11.6 Å². The van der Waals surface area contributed by atoms with Gasteiger partial charge in [0.15, 0.2) is 5.78 Å². The molecule has 1 atom stereocenters. The van der Waals surface area contributed by atoms with Crippen LogP contribution in [0.4, 0.5) is 9.18 Å². The zero-order valence-electron chi connectivity index (χ0n) is 12.8. The highest BCUT2D eigenvalue weighted by molar-refractivity contribution is 6.31. The predicted molar refractivity (Wildman–Crippen MR) is 89.3 cm³/mol. The number of carbonyl (C=O) groups excluding carboxylic acids is 2. The van der Waals surface area contributed by atoms with Gasteiger partial charge in [0.2, 0.25) is 0 Å². The number of hydrogen-bond donors (Lipinski definition) is 2. The molecule has 1 aliphatic rings. The molecule has 0 saturated carbocycles. The minimum atomic E-state index is -0.958. The Morgan fingerprint density at radius 2 is 1.83 bits per heavy atom. The molecule has 2 aromatic rings. The van der Waals surface area contributed by atoms with Crippen molar-refractivity contribution in [3.05, 3.63) is 81.8 Å². The Bertz CT molecular complexity index is 829. The van der Waals surface area contributed by atoms with E-state index in [-0.39, 0.29) is 21.9 Å². The quantitative estimate of drug-likeness (QED) is 0.827. The van der Waals surface area contributed by atoms with Crippen molar-refractivity contribution in [1.29, 1.82) is 0 Å². The van der Waals surface area contributed by atoms with Crippen molar-refractivity contribution in [2.45, 2.75) is 13.0 Å². The normalized spacial score (nSPS) is 17.3. The zero-order chi connectivity index (χ0) is 17.3. The highest BCUT2D eigenvalue weighted by Gasteiger charge is 2.34. The topological polar surface area (TPSA) is 58.2 Å². The number of rotatable bonds is 3. The van der Waals surface area contributed by atoms with Gasteiger partial charge in [0, 0.05) is 27.4 Å². The molecule has 24 heavy (non-hydrogen) atoms. The van der Waals surface area contributed by atoms with E-state index in [0.29, 0.717) is 11.3 Å². The van der Waals surface area contributed by atoms with Crippen molar-refractivity contribution in [1.82, 2.24) is 10.6 Å². The van der Waals surface area contributed by atoms with E-state index in [1.165, 1.54) is 18.2 Å². The summed E-state index contributed by atoms with van der Waals surface area (Å²) in [5.74, 6) is -0.884. The van der Waals surface area contributed by atoms with Crippen LogP contribution in [0.15, 0.2) is 59.8 Å². The second kappa shape index (κ2) is 6.45. The minimum Gasteiger partial charge on any atom is -0.327 e. The van der Waals surface area contributed by atoms with Gasteiger partial charge in [-0.25, -0.2) is 9.18 Å². The van der Waals surface area contributed by atoms with Crippen LogP contribution < -0.4 is 10.6 Å². The number of Topliss-reactive ketones (excluding diaryl/α,β-unsaturated/α-hetero) is 1. The summed E-state index contributed by atoms with van der Waals surface area (Å²) in [6.07, 6.45) is 0. The summed E-state index contributed by atoms with van der Waals surface area (Å²) < 4.78 is 14.3. The van der Waals surface area contributed by atoms with Gasteiger partial charge in [0.05, 0.1) is 6.04 Å². The number of ketones is 1. The molecule has 1 heterocycles. The van der Waals surface area contributed by atoms with Gasteiger partial charge < -0.3 is 10.6 Å². The molecule has 0 saturated heterocycles. The molecule has 0 spiro atoms. The molecular formula is C18H14ClFN2O2. The van der Waals surface area contributed by atoms with Gasteiger partial charge >= 0.3 is 6.03 Å². The highest BCUT2D eigenvalue weighted by Crippen LogP contribution is 2.34. The third-order valence-electron chi connectivity index (χ3n) is 3.84. The van der Waals surface area contributed by atoms with Gasteiger partial charge in [0.25, 0.3) is 0 Å². The van der Waals surface area contributed by atoms with E-state index in [1.54, 1.807) is 37.3 Å². The zero-order valence-corrected chi connectivity index (χ0v) is 13.5. The lowest BCUT2D eigenvalue weighted by molar-refractivity contribution is 0.102. The maximum Gasteiger partial charge on any atom is 0.319 e. The van der Waals surface area contributed by atoms with Crippen LogP contribution in [-0.4, -0.2) is 11.8 Å². The summed E-state index contributed by atoms with van der Waals surface area (Å²) in [7, 11) is 0. The van der Waals surface area contributed by atoms with Gasteiger partial charge in [-0.15, -0.1) is 0 Å². The molecule has 0 aromatic heterocycles. The third kappa shape index (κ3) is 2.90. The van der Waals surface area contributed by atoms with E-state index in [2.05, 4.69) is 10.6 Å². The maximum absolute atomic E-state index is 14.3. The third-order valence-corrected chi connectivity index (χ3v) is 4.17. The van der Waals surface area contributed by atoms with Crippen LogP contribution in [0.3, 0.4) is 0 Å². The van der Waals surface area contributed by atoms with Crippen molar-refractivity contribution in [2.24, 2.45) is 0 Å². The van der Waals surface area contributed by atoms with E-state index >= 15 is 0 Å². The van der Waals surface area contributed by atoms with Crippen LogP contribution in [-0.2, 0) is 0 Å². The van der Waals surface area contributed by atoms with Crippen LogP contribution in [0.25, 0.3) is 0 Å². The first-order valence-electron chi connectivity index (χ1n) is 7.31. The number of urea groups is 1. The summed E-state index contributed by atoms with van der Waals surface area (Å²) in [5.41, 5.74) is 1.15. The van der Waals surface area contributed by atoms with Crippen LogP contribution in [0, 0.1) is 5.82 Å². The molecule has 3 rings (SSSR count). The van der Waals surface area contributed by atoms with E-state index in [0.717, 1.165) is 0 Å². The molecular weight excluding hydrogens is 331 g/mol. The van der Waals surface area contributed by atoms with Gasteiger partial charge in [-0.3, -0.25) is 4.79 Å². The van der Waals surface area contributed by atoms with Crippen molar-refractivity contribution < 1.29 is 14.0 Å². The van der Waals surface area contributed by atoms with Crippen molar-refractivity contribution in [2.75, 3.05) is 0 Å². The van der Waals surface area contributed by atoms with Gasteiger partial charge in [-0.05, 0) is 19.1 Å². The fourth-order valence-electron chi connectivity index (χ4n) is 2.74. The van der Waals surface area contributed by atoms with Gasteiger partial charge in [-0.2, -0.15) is 0 Å². The van der Waals surface area contributed by atoms with Gasteiger partial charge in [-0.1, -0.05) is 48.0 Å². The van der Waals surface area contributed by atoms with Crippen molar-refractivity contribution in [3.63, 3.8) is 0 Å². The Morgan fingerprint density at radius 3 is 2.50 bits per heavy atom. The number of carbonyl (C=O) groups is 2. The maximum atomic E-state index is 14.3. The van der Waals surface area contributed by atoms with Gasteiger partial charge in [0.1, 0.15) is 5.82 Å². The largest absolute Gasteiger partial charge is 0.327 e. The lowest BCUT2D eigenvalue weighted by Gasteiger charge is -2.29. The first-order valence-corrected chi connectivity index (χ1v) is 7.68. The van der Waals surface area contributed by atoms with Crippen molar-refractivity contribution in [3.8, 4) is 0 Å². The van der Waals surface area contributed by atoms with E-state index in [1.807, 2.05) is 0 Å². The van der Waals surface area contributed by atoms with Crippen LogP contribution >= 0.6 is 11.6 Å². The average Bonchev–Trinajstić information content (AvgIpc) is 2.54. The SMILES string of the molecule is CC1=C(C(=O)c2ccccc2)[C@H](c2c(F)cccc2Cl)NC(=O)N1. The summed E-state index contributed by atoms with van der Waals surface area (Å²) in [6.45, 7) is 1.61. The van der Waals surface area contributed by atoms with E-state index in [9.17, 15) is 14.0 Å². The number of nitrogens with one attached hydrogen (secondary N) is 2. The second-order valence-corrected chi connectivity index (χ2v) is 5.81. The number of benzene rings is 2. The fraction of sp³-hybridized carbons (Fsp3) is 0.111. The number of amides is 2. The summed E-state index contributed by atoms with van der Waals surface area (Å²) >= 11 is 6.13. The molecule has 1 aliphatic heterocycles. The minimum absolute atomic E-state index is 0.0765. The standard InChI is InChI=1S/C18H14ClFN2O2/c1-10-14(17(23)11-6-3-2-4-7-11)16(22-18(24)21-10)15-12(19)8-5-9-13(15)20/h2-9,16H,1H3,(H2,21,22,24)/t16-/m1/s1. The molecule has 2 N–H and O–H groups in total. The fourth-order valence-corrected chi connectivity index (χ4v) is 3.02. The molecule has 4 nitrogen and oxygen atoms in total. The molecule has 2 aromatic carbocycles. The lowest BCUT2D eigenvalue weighted by Crippen LogP contribution is -2.45. The molecule has 122 valence electrons. The van der Waals surface area contributed by atoms with Crippen LogP contribution in [0.2, 0.25) is 5.02 Å². The molecule has 0 bridgehead atoms. The summed E-state index contributed by atoms with van der Waals surface area (Å²) in [5, 5.41) is 5.30. The Labute approximate surface area is 143 Å². The Hall–Kier alpha value is -2.66. The number of hydrogen-bond acceptors (Lipinski definition) is 2. The Morgan fingerprint density at radius 1 is 1.12 bits per heavy atom. The molecule has 6 heteroatoms. The second-order valence-electron chi connectivity index (χ2n) is 5.40. The first kappa shape index (κ1) is 16.2. The lowest BCUT2D eigenvalue weighted by atomic mass is 9.89. The Kier molecular flexibility index (Phi) is 4.36. The molecule has 0 fully saturated rings. The first-order chi connectivity index (χ1) is 11.5. The van der Waals surface area contributed by atoms with Crippen molar-refractivity contribution >= 4 is 23.4 Å². The number of halogens is 2. The molecule has 0 radical (unpaired) electrons. The van der Waals surface area contributed by atoms with Crippen LogP contribution in [0.1, 0.15) is 28.9 Å².